The molecule has 1 aromatic carbocycles. The second-order valence-corrected chi connectivity index (χ2v) is 5.65. The van der Waals surface area contributed by atoms with E-state index in [-0.39, 0.29) is 0 Å². The zero-order chi connectivity index (χ0) is 9.71. The van der Waals surface area contributed by atoms with Gasteiger partial charge in [0, 0.05) is 19.0 Å². The lowest BCUT2D eigenvalue weighted by Gasteiger charge is -2.15. The van der Waals surface area contributed by atoms with Crippen molar-refractivity contribution in [2.75, 3.05) is 35.6 Å². The second-order valence-electron chi connectivity index (χ2n) is 3.70. The third kappa shape index (κ3) is 1.07. The van der Waals surface area contributed by atoms with Gasteiger partial charge in [-0.2, -0.15) is 0 Å². The lowest BCUT2D eigenvalue weighted by molar-refractivity contribution is 1.05. The Hall–Kier alpha value is -0.480. The van der Waals surface area contributed by atoms with E-state index >= 15 is 0 Å². The molecule has 14 heavy (non-hydrogen) atoms. The molecular formula is C10H12N2S2. The molecule has 3 rings (SSSR count). The Morgan fingerprint density at radius 1 is 1.07 bits per heavy atom. The van der Waals surface area contributed by atoms with Gasteiger partial charge in [-0.25, -0.2) is 0 Å². The van der Waals surface area contributed by atoms with E-state index in [1.165, 1.54) is 21.2 Å². The van der Waals surface area contributed by atoms with Gasteiger partial charge in [0.15, 0.2) is 0 Å². The molecule has 0 bridgehead atoms. The molecule has 0 saturated carbocycles. The molecule has 1 aromatic rings. The van der Waals surface area contributed by atoms with Crippen LogP contribution in [-0.2, 0) is 0 Å². The van der Waals surface area contributed by atoms with Crippen LogP contribution in [0.5, 0.6) is 0 Å². The fourth-order valence-electron chi connectivity index (χ4n) is 1.93. The summed E-state index contributed by atoms with van der Waals surface area (Å²) in [4.78, 5) is 7.58. The summed E-state index contributed by atoms with van der Waals surface area (Å²) >= 11 is 3.89. The van der Waals surface area contributed by atoms with Gasteiger partial charge in [-0.15, -0.1) is 23.5 Å². The Morgan fingerprint density at radius 2 is 1.86 bits per heavy atom. The second kappa shape index (κ2) is 3.00. The Labute approximate surface area is 92.6 Å². The van der Waals surface area contributed by atoms with E-state index in [1.807, 2.05) is 23.5 Å². The fourth-order valence-corrected chi connectivity index (χ4v) is 4.25. The minimum Gasteiger partial charge on any atom is -0.364 e. The first-order valence-corrected chi connectivity index (χ1v) is 6.59. The predicted molar refractivity (Wildman–Crippen MR) is 64.7 cm³/mol. The van der Waals surface area contributed by atoms with Gasteiger partial charge in [0.2, 0.25) is 0 Å². The van der Waals surface area contributed by atoms with E-state index in [9.17, 15) is 0 Å². The van der Waals surface area contributed by atoms with Gasteiger partial charge in [0.05, 0.1) is 28.0 Å². The van der Waals surface area contributed by atoms with Gasteiger partial charge in [-0.3, -0.25) is 0 Å². The molecule has 0 aromatic heterocycles. The van der Waals surface area contributed by atoms with E-state index in [1.54, 1.807) is 0 Å². The summed E-state index contributed by atoms with van der Waals surface area (Å²) in [6, 6.07) is 4.50. The molecule has 2 aliphatic heterocycles. The maximum atomic E-state index is 2.35. The van der Waals surface area contributed by atoms with Crippen molar-refractivity contribution in [1.29, 1.82) is 0 Å². The van der Waals surface area contributed by atoms with Crippen molar-refractivity contribution in [2.45, 2.75) is 9.79 Å². The number of thioether (sulfide) groups is 2. The molecule has 0 aliphatic carbocycles. The van der Waals surface area contributed by atoms with E-state index in [0.717, 1.165) is 11.8 Å². The first kappa shape index (κ1) is 8.80. The van der Waals surface area contributed by atoms with Crippen molar-refractivity contribution in [1.82, 2.24) is 0 Å². The third-order valence-electron chi connectivity index (χ3n) is 2.68. The van der Waals surface area contributed by atoms with Crippen molar-refractivity contribution < 1.29 is 0 Å². The molecule has 0 atom stereocenters. The third-order valence-corrected chi connectivity index (χ3v) is 5.05. The van der Waals surface area contributed by atoms with Crippen LogP contribution in [0.4, 0.5) is 11.4 Å². The Bertz CT molecular complexity index is 392. The van der Waals surface area contributed by atoms with Crippen LogP contribution < -0.4 is 9.80 Å². The van der Waals surface area contributed by atoms with Crippen LogP contribution in [0.15, 0.2) is 21.9 Å². The van der Waals surface area contributed by atoms with Gasteiger partial charge in [-0.1, -0.05) is 0 Å². The van der Waals surface area contributed by atoms with Crippen molar-refractivity contribution in [3.8, 4) is 0 Å². The zero-order valence-electron chi connectivity index (χ0n) is 8.28. The summed E-state index contributed by atoms with van der Waals surface area (Å²) in [5.41, 5.74) is 2.84. The molecule has 74 valence electrons. The summed E-state index contributed by atoms with van der Waals surface area (Å²) in [5.74, 6) is 2.18. The summed E-state index contributed by atoms with van der Waals surface area (Å²) in [5, 5.41) is 0. The molecule has 2 aliphatic rings. The molecule has 2 heterocycles. The minimum absolute atomic E-state index is 1.09. The summed E-state index contributed by atoms with van der Waals surface area (Å²) < 4.78 is 0. The van der Waals surface area contributed by atoms with Crippen LogP contribution in [0.2, 0.25) is 0 Å². The number of hydrogen-bond acceptors (Lipinski definition) is 4. The molecular weight excluding hydrogens is 212 g/mol. The molecule has 0 saturated heterocycles. The number of fused-ring (bicyclic) bond motifs is 3. The average Bonchev–Trinajstić information content (AvgIpc) is 2.72. The normalized spacial score (nSPS) is 18.7. The number of benzene rings is 1. The van der Waals surface area contributed by atoms with Gasteiger partial charge in [-0.05, 0) is 12.1 Å². The van der Waals surface area contributed by atoms with Crippen LogP contribution in [0.25, 0.3) is 0 Å². The smallest absolute Gasteiger partial charge is 0.0684 e. The summed E-state index contributed by atoms with van der Waals surface area (Å²) in [7, 11) is 4.34. The van der Waals surface area contributed by atoms with E-state index in [2.05, 4.69) is 36.0 Å². The number of anilines is 2. The molecule has 0 spiro atoms. The quantitative estimate of drug-likeness (QED) is 0.668. The van der Waals surface area contributed by atoms with Crippen LogP contribution in [0, 0.1) is 0 Å². The largest absolute Gasteiger partial charge is 0.364 e. The van der Waals surface area contributed by atoms with Crippen LogP contribution in [-0.4, -0.2) is 25.8 Å². The lowest BCUT2D eigenvalue weighted by Crippen LogP contribution is -2.12. The molecule has 0 unspecified atom stereocenters. The predicted octanol–water partition coefficient (Wildman–Crippen LogP) is 2.69. The first-order valence-electron chi connectivity index (χ1n) is 4.62. The minimum atomic E-state index is 1.09. The standard InChI is InChI=1S/C10H12N2S2/c1-11-5-14-10-7(11)3-4-8-9(10)12(2)6-13-8/h3-4H,5-6H2,1-2H3. The number of hydrogen-bond donors (Lipinski definition) is 0. The number of rotatable bonds is 0. The highest BCUT2D eigenvalue weighted by molar-refractivity contribution is 8.01. The SMILES string of the molecule is CN1CSc2c1ccc1c2N(C)CS1. The molecule has 0 N–H and O–H groups in total. The average molecular weight is 224 g/mol. The Kier molecular flexibility index (Phi) is 1.89. The zero-order valence-corrected chi connectivity index (χ0v) is 9.91. The van der Waals surface area contributed by atoms with Crippen molar-refractivity contribution >= 4 is 34.9 Å². The highest BCUT2D eigenvalue weighted by atomic mass is 32.2. The first-order chi connectivity index (χ1) is 6.77. The van der Waals surface area contributed by atoms with Crippen molar-refractivity contribution in [2.24, 2.45) is 0 Å². The van der Waals surface area contributed by atoms with E-state index < -0.39 is 0 Å². The molecule has 4 heteroatoms. The number of nitrogens with zero attached hydrogens (tertiary/aromatic N) is 2. The van der Waals surface area contributed by atoms with E-state index in [4.69, 9.17) is 0 Å². The topological polar surface area (TPSA) is 6.48 Å². The Morgan fingerprint density at radius 3 is 2.71 bits per heavy atom. The molecule has 2 nitrogen and oxygen atoms in total. The summed E-state index contributed by atoms with van der Waals surface area (Å²) in [6.07, 6.45) is 0. The molecule has 0 amide bonds. The highest BCUT2D eigenvalue weighted by Crippen LogP contribution is 2.51. The fraction of sp³-hybridized carbons (Fsp3) is 0.400. The van der Waals surface area contributed by atoms with Crippen LogP contribution in [0.3, 0.4) is 0 Å². The van der Waals surface area contributed by atoms with Gasteiger partial charge in [0.1, 0.15) is 0 Å². The van der Waals surface area contributed by atoms with Crippen LogP contribution in [0.1, 0.15) is 0 Å². The monoisotopic (exact) mass is 224 g/mol. The van der Waals surface area contributed by atoms with Gasteiger partial charge < -0.3 is 9.80 Å². The maximum Gasteiger partial charge on any atom is 0.0684 e. The highest BCUT2D eigenvalue weighted by Gasteiger charge is 2.27. The molecule has 0 fully saturated rings. The summed E-state index contributed by atoms with van der Waals surface area (Å²) in [6.45, 7) is 0. The lowest BCUT2D eigenvalue weighted by atomic mass is 10.2. The van der Waals surface area contributed by atoms with Crippen LogP contribution >= 0.6 is 23.5 Å². The van der Waals surface area contributed by atoms with Crippen molar-refractivity contribution in [3.05, 3.63) is 12.1 Å². The Balaban J connectivity index is 2.21. The van der Waals surface area contributed by atoms with Gasteiger partial charge >= 0.3 is 0 Å². The van der Waals surface area contributed by atoms with Gasteiger partial charge in [0.25, 0.3) is 0 Å². The molecule has 0 radical (unpaired) electrons. The maximum absolute atomic E-state index is 2.35. The van der Waals surface area contributed by atoms with E-state index in [0.29, 0.717) is 0 Å². The van der Waals surface area contributed by atoms with Crippen molar-refractivity contribution in [3.63, 3.8) is 0 Å².